The Morgan fingerprint density at radius 2 is 1.40 bits per heavy atom. The first-order valence-electron chi connectivity index (χ1n) is 6.34. The van der Waals surface area contributed by atoms with E-state index in [4.69, 9.17) is 5.73 Å². The first-order valence-corrected chi connectivity index (χ1v) is 6.34. The maximum atomic E-state index is 13.6. The molecule has 0 amide bonds. The maximum Gasteiger partial charge on any atom is 0.129 e. The summed E-state index contributed by atoms with van der Waals surface area (Å²) in [5, 5.41) is 0. The van der Waals surface area contributed by atoms with E-state index in [2.05, 4.69) is 0 Å². The minimum atomic E-state index is -0.939. The first kappa shape index (κ1) is 14.6. The molecule has 1 atom stereocenters. The van der Waals surface area contributed by atoms with Crippen molar-refractivity contribution in [3.05, 3.63) is 71.0 Å². The number of hydrogen-bond donors (Lipinski definition) is 1. The van der Waals surface area contributed by atoms with Gasteiger partial charge in [-0.05, 0) is 43.5 Å². The van der Waals surface area contributed by atoms with Gasteiger partial charge >= 0.3 is 0 Å². The van der Waals surface area contributed by atoms with Crippen molar-refractivity contribution < 1.29 is 13.2 Å². The molecule has 0 aliphatic heterocycles. The second kappa shape index (κ2) is 5.67. The lowest BCUT2D eigenvalue weighted by Crippen LogP contribution is -2.41. The van der Waals surface area contributed by atoms with Gasteiger partial charge in [0.05, 0.1) is 0 Å². The summed E-state index contributed by atoms with van der Waals surface area (Å²) in [4.78, 5) is 0. The molecule has 0 radical (unpaired) electrons. The van der Waals surface area contributed by atoms with Crippen LogP contribution in [0.25, 0.3) is 0 Å². The summed E-state index contributed by atoms with van der Waals surface area (Å²) in [6, 6.07) is 9.95. The van der Waals surface area contributed by atoms with E-state index in [0.717, 1.165) is 0 Å². The van der Waals surface area contributed by atoms with Crippen LogP contribution in [0, 0.1) is 17.5 Å². The smallest absolute Gasteiger partial charge is 0.129 e. The van der Waals surface area contributed by atoms with Crippen molar-refractivity contribution in [2.24, 2.45) is 5.73 Å². The summed E-state index contributed by atoms with van der Waals surface area (Å²) in [6.07, 6.45) is 0.202. The van der Waals surface area contributed by atoms with Gasteiger partial charge in [-0.1, -0.05) is 24.3 Å². The van der Waals surface area contributed by atoms with E-state index in [1.807, 2.05) is 0 Å². The highest BCUT2D eigenvalue weighted by Crippen LogP contribution is 2.22. The van der Waals surface area contributed by atoms with E-state index in [-0.39, 0.29) is 24.2 Å². The standard InChI is InChI=1S/C16H16F3N/c1-16(20,9-11-5-2-3-6-13(11)17)10-12-14(18)7-4-8-15(12)19/h2-8H,9-10,20H2,1H3. The van der Waals surface area contributed by atoms with Gasteiger partial charge in [-0.15, -0.1) is 0 Å². The van der Waals surface area contributed by atoms with E-state index in [1.54, 1.807) is 25.1 Å². The SMILES string of the molecule is CC(N)(Cc1ccccc1F)Cc1c(F)cccc1F. The number of hydrogen-bond acceptors (Lipinski definition) is 1. The van der Waals surface area contributed by atoms with Crippen LogP contribution in [0.15, 0.2) is 42.5 Å². The molecule has 0 aliphatic rings. The minimum Gasteiger partial charge on any atom is -0.325 e. The van der Waals surface area contributed by atoms with Crippen LogP contribution in [-0.4, -0.2) is 5.54 Å². The molecule has 0 fully saturated rings. The third-order valence-electron chi connectivity index (χ3n) is 3.19. The van der Waals surface area contributed by atoms with Crippen molar-refractivity contribution in [1.29, 1.82) is 0 Å². The van der Waals surface area contributed by atoms with E-state index in [0.29, 0.717) is 5.56 Å². The predicted octanol–water partition coefficient (Wildman–Crippen LogP) is 3.61. The van der Waals surface area contributed by atoms with Crippen LogP contribution in [0.1, 0.15) is 18.1 Å². The molecule has 106 valence electrons. The van der Waals surface area contributed by atoms with Crippen LogP contribution >= 0.6 is 0 Å². The normalized spacial score (nSPS) is 14.1. The lowest BCUT2D eigenvalue weighted by atomic mass is 9.87. The molecule has 0 aromatic heterocycles. The molecule has 0 aliphatic carbocycles. The van der Waals surface area contributed by atoms with Gasteiger partial charge in [-0.25, -0.2) is 13.2 Å². The fourth-order valence-electron chi connectivity index (χ4n) is 2.24. The van der Waals surface area contributed by atoms with Gasteiger partial charge in [0, 0.05) is 11.1 Å². The molecule has 1 unspecified atom stereocenters. The fourth-order valence-corrected chi connectivity index (χ4v) is 2.24. The highest BCUT2D eigenvalue weighted by molar-refractivity contribution is 5.25. The molecule has 0 heterocycles. The maximum absolute atomic E-state index is 13.6. The van der Waals surface area contributed by atoms with Crippen molar-refractivity contribution >= 4 is 0 Å². The van der Waals surface area contributed by atoms with Crippen LogP contribution in [0.2, 0.25) is 0 Å². The molecule has 0 saturated heterocycles. The summed E-state index contributed by atoms with van der Waals surface area (Å²) >= 11 is 0. The number of rotatable bonds is 4. The Morgan fingerprint density at radius 1 is 0.850 bits per heavy atom. The Morgan fingerprint density at radius 3 is 2.00 bits per heavy atom. The van der Waals surface area contributed by atoms with E-state index >= 15 is 0 Å². The molecule has 0 bridgehead atoms. The van der Waals surface area contributed by atoms with Crippen LogP contribution in [-0.2, 0) is 12.8 Å². The van der Waals surface area contributed by atoms with Gasteiger partial charge < -0.3 is 5.73 Å². The summed E-state index contributed by atoms with van der Waals surface area (Å²) in [6.45, 7) is 1.66. The Hall–Kier alpha value is -1.81. The van der Waals surface area contributed by atoms with Crippen LogP contribution in [0.3, 0.4) is 0 Å². The van der Waals surface area contributed by atoms with E-state index in [1.165, 1.54) is 24.3 Å². The Bertz CT molecular complexity index is 588. The zero-order valence-electron chi connectivity index (χ0n) is 11.2. The zero-order valence-corrected chi connectivity index (χ0v) is 11.2. The summed E-state index contributed by atoms with van der Waals surface area (Å²) in [5.74, 6) is -1.62. The van der Waals surface area contributed by atoms with Crippen molar-refractivity contribution in [3.63, 3.8) is 0 Å². The van der Waals surface area contributed by atoms with Gasteiger partial charge in [0.25, 0.3) is 0 Å². The molecular weight excluding hydrogens is 263 g/mol. The molecule has 2 aromatic rings. The molecule has 1 nitrogen and oxygen atoms in total. The molecule has 2 N–H and O–H groups in total. The van der Waals surface area contributed by atoms with Crippen LogP contribution in [0.5, 0.6) is 0 Å². The average molecular weight is 279 g/mol. The van der Waals surface area contributed by atoms with Gasteiger partial charge in [-0.2, -0.15) is 0 Å². The largest absolute Gasteiger partial charge is 0.325 e. The van der Waals surface area contributed by atoms with Crippen molar-refractivity contribution in [2.45, 2.75) is 25.3 Å². The summed E-state index contributed by atoms with van der Waals surface area (Å²) in [5.41, 5.74) is 5.53. The molecule has 0 saturated carbocycles. The Labute approximate surface area is 116 Å². The quantitative estimate of drug-likeness (QED) is 0.909. The molecule has 2 aromatic carbocycles. The highest BCUT2D eigenvalue weighted by atomic mass is 19.1. The fraction of sp³-hybridized carbons (Fsp3) is 0.250. The van der Waals surface area contributed by atoms with E-state index < -0.39 is 17.2 Å². The lowest BCUT2D eigenvalue weighted by molar-refractivity contribution is 0.428. The minimum absolute atomic E-state index is 0.000158. The molecule has 0 spiro atoms. The Balaban J connectivity index is 2.21. The van der Waals surface area contributed by atoms with E-state index in [9.17, 15) is 13.2 Å². The first-order chi connectivity index (χ1) is 9.39. The summed E-state index contributed by atoms with van der Waals surface area (Å²) < 4.78 is 40.9. The van der Waals surface area contributed by atoms with Gasteiger partial charge in [0.2, 0.25) is 0 Å². The van der Waals surface area contributed by atoms with Gasteiger partial charge in [0.1, 0.15) is 17.5 Å². The topological polar surface area (TPSA) is 26.0 Å². The van der Waals surface area contributed by atoms with Crippen molar-refractivity contribution in [2.75, 3.05) is 0 Å². The second-order valence-electron chi connectivity index (χ2n) is 5.30. The molecule has 2 rings (SSSR count). The molecule has 4 heteroatoms. The highest BCUT2D eigenvalue weighted by Gasteiger charge is 2.24. The number of nitrogens with two attached hydrogens (primary N) is 1. The van der Waals surface area contributed by atoms with Crippen molar-refractivity contribution in [1.82, 2.24) is 0 Å². The summed E-state index contributed by atoms with van der Waals surface area (Å²) in [7, 11) is 0. The Kier molecular flexibility index (Phi) is 4.14. The number of halogens is 3. The van der Waals surface area contributed by atoms with Gasteiger partial charge in [-0.3, -0.25) is 0 Å². The average Bonchev–Trinajstić information content (AvgIpc) is 2.37. The van der Waals surface area contributed by atoms with Gasteiger partial charge in [0.15, 0.2) is 0 Å². The molecular formula is C16H16F3N. The lowest BCUT2D eigenvalue weighted by Gasteiger charge is -2.25. The zero-order chi connectivity index (χ0) is 14.8. The van der Waals surface area contributed by atoms with Crippen LogP contribution < -0.4 is 5.73 Å². The third kappa shape index (κ3) is 3.39. The molecule has 20 heavy (non-hydrogen) atoms. The third-order valence-corrected chi connectivity index (χ3v) is 3.19. The second-order valence-corrected chi connectivity index (χ2v) is 5.30. The number of benzene rings is 2. The van der Waals surface area contributed by atoms with Crippen LogP contribution in [0.4, 0.5) is 13.2 Å². The predicted molar refractivity (Wildman–Crippen MR) is 72.8 cm³/mol. The monoisotopic (exact) mass is 279 g/mol. The van der Waals surface area contributed by atoms with Crippen molar-refractivity contribution in [3.8, 4) is 0 Å².